The van der Waals surface area contributed by atoms with E-state index in [0.717, 1.165) is 5.56 Å². The molecule has 2 N–H and O–H groups in total. The van der Waals surface area contributed by atoms with Crippen molar-refractivity contribution in [2.45, 2.75) is 6.54 Å². The molecule has 5 heteroatoms. The zero-order valence-corrected chi connectivity index (χ0v) is 8.76. The van der Waals surface area contributed by atoms with E-state index in [9.17, 15) is 5.11 Å². The van der Waals surface area contributed by atoms with Gasteiger partial charge in [0.2, 0.25) is 0 Å². The molecule has 0 aliphatic rings. The predicted molar refractivity (Wildman–Crippen MR) is 53.5 cm³/mol. The molecule has 1 rings (SSSR count). The number of hydrogen-bond acceptors (Lipinski definition) is 4. The van der Waals surface area contributed by atoms with Crippen LogP contribution in [0.4, 0.5) is 0 Å². The number of aromatic hydroxyl groups is 1. The molecule has 0 saturated heterocycles. The van der Waals surface area contributed by atoms with Crippen LogP contribution >= 0.6 is 11.6 Å². The van der Waals surface area contributed by atoms with Crippen LogP contribution in [-0.4, -0.2) is 19.3 Å². The van der Waals surface area contributed by atoms with Crippen molar-refractivity contribution in [3.05, 3.63) is 22.7 Å². The SMILES string of the molecule is CONCc1cc(O)c(OC)cc1Cl. The van der Waals surface area contributed by atoms with Crippen LogP contribution in [0.2, 0.25) is 5.02 Å². The Hall–Kier alpha value is -0.970. The van der Waals surface area contributed by atoms with Crippen molar-refractivity contribution in [2.24, 2.45) is 0 Å². The number of ether oxygens (including phenoxy) is 1. The molecule has 0 fully saturated rings. The Labute approximate surface area is 87.4 Å². The summed E-state index contributed by atoms with van der Waals surface area (Å²) in [5.74, 6) is 0.418. The zero-order valence-electron chi connectivity index (χ0n) is 8.00. The van der Waals surface area contributed by atoms with Gasteiger partial charge in [0, 0.05) is 17.6 Å². The molecule has 0 atom stereocenters. The number of rotatable bonds is 4. The average Bonchev–Trinajstić information content (AvgIpc) is 2.18. The second-order valence-electron chi connectivity index (χ2n) is 2.64. The lowest BCUT2D eigenvalue weighted by Gasteiger charge is -2.08. The predicted octanol–water partition coefficient (Wildman–Crippen LogP) is 1.71. The third-order valence-electron chi connectivity index (χ3n) is 1.75. The summed E-state index contributed by atoms with van der Waals surface area (Å²) in [7, 11) is 2.98. The minimum absolute atomic E-state index is 0.0600. The van der Waals surface area contributed by atoms with Gasteiger partial charge in [-0.15, -0.1) is 0 Å². The molecule has 1 aromatic carbocycles. The van der Waals surface area contributed by atoms with E-state index in [4.69, 9.17) is 16.3 Å². The van der Waals surface area contributed by atoms with Crippen LogP contribution in [0.5, 0.6) is 11.5 Å². The van der Waals surface area contributed by atoms with E-state index < -0.39 is 0 Å². The molecule has 0 aromatic heterocycles. The van der Waals surface area contributed by atoms with Gasteiger partial charge in [-0.2, -0.15) is 5.48 Å². The van der Waals surface area contributed by atoms with Crippen molar-refractivity contribution in [1.82, 2.24) is 5.48 Å². The molecule has 0 amide bonds. The molecule has 0 unspecified atom stereocenters. The summed E-state index contributed by atoms with van der Waals surface area (Å²) in [6.45, 7) is 0.423. The first-order valence-corrected chi connectivity index (χ1v) is 4.38. The van der Waals surface area contributed by atoms with Gasteiger partial charge in [0.15, 0.2) is 11.5 Å². The molecule has 78 valence electrons. The molecule has 0 radical (unpaired) electrons. The van der Waals surface area contributed by atoms with E-state index in [2.05, 4.69) is 10.3 Å². The second kappa shape index (κ2) is 5.05. The summed E-state index contributed by atoms with van der Waals surface area (Å²) in [6.07, 6.45) is 0. The standard InChI is InChI=1S/C9H12ClNO3/c1-13-9-4-7(10)6(3-8(9)12)5-11-14-2/h3-4,11-12H,5H2,1-2H3. The monoisotopic (exact) mass is 217 g/mol. The molecule has 0 spiro atoms. The topological polar surface area (TPSA) is 50.7 Å². The van der Waals surface area contributed by atoms with Gasteiger partial charge in [0.25, 0.3) is 0 Å². The van der Waals surface area contributed by atoms with Crippen molar-refractivity contribution in [3.63, 3.8) is 0 Å². The number of phenolic OH excluding ortho intramolecular Hbond substituents is 1. The molecule has 4 nitrogen and oxygen atoms in total. The van der Waals surface area contributed by atoms with Crippen LogP contribution in [-0.2, 0) is 11.4 Å². The van der Waals surface area contributed by atoms with Crippen molar-refractivity contribution in [2.75, 3.05) is 14.2 Å². The average molecular weight is 218 g/mol. The van der Waals surface area contributed by atoms with Crippen LogP contribution in [0, 0.1) is 0 Å². The van der Waals surface area contributed by atoms with Gasteiger partial charge in [0.1, 0.15) is 0 Å². The molecule has 1 aromatic rings. The summed E-state index contributed by atoms with van der Waals surface area (Å²) >= 11 is 5.93. The Balaban J connectivity index is 2.90. The van der Waals surface area contributed by atoms with E-state index in [1.54, 1.807) is 6.07 Å². The smallest absolute Gasteiger partial charge is 0.161 e. The third-order valence-corrected chi connectivity index (χ3v) is 2.11. The number of phenols is 1. The van der Waals surface area contributed by atoms with Gasteiger partial charge in [-0.1, -0.05) is 11.6 Å². The number of halogens is 1. The fourth-order valence-corrected chi connectivity index (χ4v) is 1.26. The van der Waals surface area contributed by atoms with Crippen LogP contribution in [0.15, 0.2) is 12.1 Å². The Kier molecular flexibility index (Phi) is 4.00. The van der Waals surface area contributed by atoms with Crippen molar-refractivity contribution in [1.29, 1.82) is 0 Å². The van der Waals surface area contributed by atoms with Crippen molar-refractivity contribution >= 4 is 11.6 Å². The minimum atomic E-state index is 0.0600. The van der Waals surface area contributed by atoms with Gasteiger partial charge in [-0.3, -0.25) is 0 Å². The van der Waals surface area contributed by atoms with Crippen LogP contribution in [0.1, 0.15) is 5.56 Å². The zero-order chi connectivity index (χ0) is 10.6. The highest BCUT2D eigenvalue weighted by Gasteiger charge is 2.07. The maximum atomic E-state index is 9.46. The van der Waals surface area contributed by atoms with Crippen molar-refractivity contribution in [3.8, 4) is 11.5 Å². The first kappa shape index (κ1) is 11.1. The van der Waals surface area contributed by atoms with Crippen molar-refractivity contribution < 1.29 is 14.7 Å². The Morgan fingerprint density at radius 2 is 2.14 bits per heavy atom. The van der Waals surface area contributed by atoms with E-state index in [1.807, 2.05) is 0 Å². The summed E-state index contributed by atoms with van der Waals surface area (Å²) in [4.78, 5) is 4.68. The molecule has 0 saturated carbocycles. The van der Waals surface area contributed by atoms with Gasteiger partial charge in [0.05, 0.1) is 14.2 Å². The maximum absolute atomic E-state index is 9.46. The lowest BCUT2D eigenvalue weighted by Crippen LogP contribution is -2.11. The number of benzene rings is 1. The van der Waals surface area contributed by atoms with Gasteiger partial charge >= 0.3 is 0 Å². The number of nitrogens with one attached hydrogen (secondary N) is 1. The quantitative estimate of drug-likeness (QED) is 0.754. The summed E-state index contributed by atoms with van der Waals surface area (Å²) in [5, 5.41) is 9.98. The Morgan fingerprint density at radius 1 is 1.43 bits per heavy atom. The molecule has 14 heavy (non-hydrogen) atoms. The fraction of sp³-hybridized carbons (Fsp3) is 0.333. The number of hydrogen-bond donors (Lipinski definition) is 2. The first-order valence-electron chi connectivity index (χ1n) is 4.00. The maximum Gasteiger partial charge on any atom is 0.161 e. The lowest BCUT2D eigenvalue weighted by atomic mass is 10.2. The summed E-state index contributed by atoms with van der Waals surface area (Å²) in [6, 6.07) is 3.09. The largest absolute Gasteiger partial charge is 0.504 e. The molecule has 0 aliphatic heterocycles. The van der Waals surface area contributed by atoms with Crippen LogP contribution in [0.25, 0.3) is 0 Å². The highest BCUT2D eigenvalue weighted by atomic mass is 35.5. The highest BCUT2D eigenvalue weighted by Crippen LogP contribution is 2.31. The third kappa shape index (κ3) is 2.51. The van der Waals surface area contributed by atoms with Gasteiger partial charge < -0.3 is 14.7 Å². The summed E-state index contributed by atoms with van der Waals surface area (Å²) < 4.78 is 4.90. The molecule has 0 heterocycles. The van der Waals surface area contributed by atoms with E-state index >= 15 is 0 Å². The minimum Gasteiger partial charge on any atom is -0.504 e. The Bertz CT molecular complexity index is 317. The van der Waals surface area contributed by atoms with Gasteiger partial charge in [-0.05, 0) is 11.6 Å². The van der Waals surface area contributed by atoms with Crippen LogP contribution in [0.3, 0.4) is 0 Å². The second-order valence-corrected chi connectivity index (χ2v) is 3.05. The normalized spacial score (nSPS) is 10.2. The lowest BCUT2D eigenvalue weighted by molar-refractivity contribution is 0.0867. The molecular weight excluding hydrogens is 206 g/mol. The first-order chi connectivity index (χ1) is 6.69. The van der Waals surface area contributed by atoms with E-state index in [1.165, 1.54) is 20.3 Å². The number of methoxy groups -OCH3 is 1. The highest BCUT2D eigenvalue weighted by molar-refractivity contribution is 6.31. The molecular formula is C9H12ClNO3. The fourth-order valence-electron chi connectivity index (χ4n) is 1.04. The number of hydroxylamine groups is 1. The molecule has 0 bridgehead atoms. The Morgan fingerprint density at radius 3 is 2.71 bits per heavy atom. The molecule has 0 aliphatic carbocycles. The van der Waals surface area contributed by atoms with Crippen LogP contribution < -0.4 is 10.2 Å². The van der Waals surface area contributed by atoms with E-state index in [-0.39, 0.29) is 5.75 Å². The van der Waals surface area contributed by atoms with E-state index in [0.29, 0.717) is 17.3 Å². The van der Waals surface area contributed by atoms with Gasteiger partial charge in [-0.25, -0.2) is 0 Å². The summed E-state index contributed by atoms with van der Waals surface area (Å²) in [5.41, 5.74) is 3.38.